The number of rotatable bonds is 8. The summed E-state index contributed by atoms with van der Waals surface area (Å²) in [4.78, 5) is 0. The summed E-state index contributed by atoms with van der Waals surface area (Å²) in [6.07, 6.45) is 71.3. The van der Waals surface area contributed by atoms with Crippen LogP contribution in [0, 0.1) is 0 Å². The van der Waals surface area contributed by atoms with Gasteiger partial charge >= 0.3 is 0 Å². The Labute approximate surface area is 751 Å². The number of hydrogen-bond donors (Lipinski definition) is 0. The van der Waals surface area contributed by atoms with Crippen LogP contribution in [0.3, 0.4) is 0 Å². The van der Waals surface area contributed by atoms with Crippen LogP contribution in [-0.2, 0) is 206 Å². The molecule has 123 heavy (non-hydrogen) atoms. The SMILES string of the molecule is C.CC(C)c1c2c(c3n1CCC3)CCC2.CC(C)c1c2c(c3n1CCCC3)CCCC2.CC(C)c1c2c(cc3c1CCC3)CCC2.CC(C)c1c2c(cc3c1CCCC3)CCCC2.CC(C)c1c2c(n3c1CCC3)CCC2.CC(C)c1c2c(n3c1CCCC3)CCCC2.CC(C)n1c2c(c3c1CCC3)CCC2.CC(C)n1c2c(c3c1CCCC3)CCCC2. The van der Waals surface area contributed by atoms with E-state index in [-0.39, 0.29) is 7.43 Å². The number of aromatic nitrogens is 6. The van der Waals surface area contributed by atoms with Crippen molar-refractivity contribution in [1.29, 1.82) is 0 Å². The summed E-state index contributed by atoms with van der Waals surface area (Å²) in [6, 6.07) is 6.42. The number of hydrogen-bond acceptors (Lipinski definition) is 0. The minimum atomic E-state index is 0. The molecule has 24 rings (SSSR count). The summed E-state index contributed by atoms with van der Waals surface area (Å²) < 4.78 is 16.0. The van der Waals surface area contributed by atoms with Gasteiger partial charge in [-0.15, -0.1) is 0 Å². The average Bonchev–Trinajstić information content (AvgIpc) is 1.63. The lowest BCUT2D eigenvalue weighted by molar-refractivity contribution is 0.504. The Balaban J connectivity index is 0.000000104. The summed E-state index contributed by atoms with van der Waals surface area (Å²) in [7, 11) is 0. The zero-order valence-electron chi connectivity index (χ0n) is 81.1. The molecule has 0 amide bonds. The first-order valence-corrected chi connectivity index (χ1v) is 53.0. The molecule has 0 bridgehead atoms. The fourth-order valence-electron chi connectivity index (χ4n) is 28.9. The van der Waals surface area contributed by atoms with E-state index in [2.05, 4.69) is 150 Å². The van der Waals surface area contributed by atoms with Crippen molar-refractivity contribution < 1.29 is 0 Å². The second-order valence-corrected chi connectivity index (χ2v) is 43.9. The van der Waals surface area contributed by atoms with Crippen LogP contribution in [0.25, 0.3) is 0 Å². The molecule has 0 spiro atoms. The Morgan fingerprint density at radius 1 is 0.171 bits per heavy atom. The molecular weight excluding hydrogens is 1490 g/mol. The van der Waals surface area contributed by atoms with E-state index in [1.54, 1.807) is 191 Å². The predicted octanol–water partition coefficient (Wildman–Crippen LogP) is 29.6. The monoisotopic (exact) mass is 1660 g/mol. The number of nitrogens with zero attached hydrogens (tertiary/aromatic N) is 6. The summed E-state index contributed by atoms with van der Waals surface area (Å²) in [5.41, 5.74) is 58.4. The molecule has 0 fully saturated rings. The Hall–Kier alpha value is -5.88. The second kappa shape index (κ2) is 40.0. The zero-order valence-corrected chi connectivity index (χ0v) is 81.1. The maximum atomic E-state index is 2.69. The van der Waals surface area contributed by atoms with E-state index in [4.69, 9.17) is 0 Å². The van der Waals surface area contributed by atoms with Crippen molar-refractivity contribution in [2.45, 2.75) is 526 Å². The first-order chi connectivity index (χ1) is 59.3. The molecule has 0 unspecified atom stereocenters. The molecular formula is C117H174N6. The lowest BCUT2D eigenvalue weighted by Gasteiger charge is -2.29. The molecule has 0 atom stereocenters. The molecule has 0 N–H and O–H groups in total. The molecule has 6 aromatic heterocycles. The van der Waals surface area contributed by atoms with Crippen LogP contribution in [0.4, 0.5) is 0 Å². The minimum absolute atomic E-state index is 0. The van der Waals surface area contributed by atoms with Crippen LogP contribution in [0.2, 0.25) is 0 Å². The number of aryl methyl sites for hydroxylation is 4. The van der Waals surface area contributed by atoms with Gasteiger partial charge in [0.05, 0.1) is 0 Å². The average molecular weight is 1660 g/mol. The van der Waals surface area contributed by atoms with Gasteiger partial charge in [0, 0.05) is 107 Å². The maximum absolute atomic E-state index is 2.69. The van der Waals surface area contributed by atoms with Crippen LogP contribution in [0.15, 0.2) is 12.1 Å². The lowest BCUT2D eigenvalue weighted by Crippen LogP contribution is -2.15. The Bertz CT molecular complexity index is 4370. The summed E-state index contributed by atoms with van der Waals surface area (Å²) in [6.45, 7) is 42.9. The highest BCUT2D eigenvalue weighted by molar-refractivity contribution is 5.54. The van der Waals surface area contributed by atoms with Crippen molar-refractivity contribution in [1.82, 2.24) is 27.4 Å². The van der Waals surface area contributed by atoms with Crippen molar-refractivity contribution in [3.63, 3.8) is 0 Å². The highest BCUT2D eigenvalue weighted by atomic mass is 15.1. The third-order valence-electron chi connectivity index (χ3n) is 33.2. The van der Waals surface area contributed by atoms with Crippen molar-refractivity contribution in [3.05, 3.63) is 203 Å². The topological polar surface area (TPSA) is 29.6 Å². The Morgan fingerprint density at radius 3 is 0.764 bits per heavy atom. The molecule has 0 saturated carbocycles. The smallest absolute Gasteiger partial charge is 0.0279 e. The van der Waals surface area contributed by atoms with E-state index in [1.807, 2.05) is 0 Å². The zero-order chi connectivity index (χ0) is 84.7. The van der Waals surface area contributed by atoms with Crippen molar-refractivity contribution in [2.75, 3.05) is 0 Å². The van der Waals surface area contributed by atoms with Crippen LogP contribution >= 0.6 is 0 Å². The molecule has 672 valence electrons. The van der Waals surface area contributed by atoms with Gasteiger partial charge in [-0.2, -0.15) is 0 Å². The Morgan fingerprint density at radius 2 is 0.382 bits per heavy atom. The second-order valence-electron chi connectivity index (χ2n) is 43.9. The van der Waals surface area contributed by atoms with Gasteiger partial charge in [0.2, 0.25) is 0 Å². The molecule has 0 radical (unpaired) electrons. The fraction of sp³-hybridized carbons (Fsp3) is 0.692. The largest absolute Gasteiger partial charge is 0.348 e. The van der Waals surface area contributed by atoms with E-state index < -0.39 is 0 Å². The van der Waals surface area contributed by atoms with Gasteiger partial charge in [-0.25, -0.2) is 0 Å². The molecule has 0 saturated heterocycles. The van der Waals surface area contributed by atoms with Gasteiger partial charge in [-0.1, -0.05) is 103 Å². The lowest BCUT2D eigenvalue weighted by atomic mass is 9.76. The van der Waals surface area contributed by atoms with E-state index in [9.17, 15) is 0 Å². The maximum Gasteiger partial charge on any atom is 0.0279 e. The van der Waals surface area contributed by atoms with Gasteiger partial charge in [0.1, 0.15) is 0 Å². The van der Waals surface area contributed by atoms with E-state index in [1.165, 1.54) is 360 Å². The summed E-state index contributed by atoms with van der Waals surface area (Å²) in [5, 5.41) is 0. The third-order valence-corrected chi connectivity index (χ3v) is 33.2. The first-order valence-electron chi connectivity index (χ1n) is 53.0. The van der Waals surface area contributed by atoms with Crippen LogP contribution < -0.4 is 0 Å². The minimum Gasteiger partial charge on any atom is -0.348 e. The number of benzene rings is 2. The van der Waals surface area contributed by atoms with Gasteiger partial charge in [-0.05, 0) is 519 Å². The van der Waals surface area contributed by atoms with Crippen LogP contribution in [0.1, 0.15) is 511 Å². The fourth-order valence-corrected chi connectivity index (χ4v) is 28.9. The van der Waals surface area contributed by atoms with E-state index in [0.29, 0.717) is 23.9 Å². The molecule has 2 aromatic carbocycles. The van der Waals surface area contributed by atoms with Gasteiger partial charge in [0.15, 0.2) is 0 Å². The van der Waals surface area contributed by atoms with Crippen molar-refractivity contribution in [3.8, 4) is 0 Å². The molecule has 8 aromatic rings. The molecule has 10 heterocycles. The van der Waals surface area contributed by atoms with Crippen molar-refractivity contribution >= 4 is 0 Å². The Kier molecular flexibility index (Phi) is 29.4. The van der Waals surface area contributed by atoms with Gasteiger partial charge in [-0.3, -0.25) is 0 Å². The third kappa shape index (κ3) is 18.0. The van der Waals surface area contributed by atoms with Gasteiger partial charge < -0.3 is 27.4 Å². The summed E-state index contributed by atoms with van der Waals surface area (Å²) in [5.74, 6) is 4.32. The highest BCUT2D eigenvalue weighted by Crippen LogP contribution is 2.47. The molecule has 6 nitrogen and oxygen atoms in total. The van der Waals surface area contributed by atoms with Crippen LogP contribution in [0.5, 0.6) is 0 Å². The van der Waals surface area contributed by atoms with E-state index >= 15 is 0 Å². The van der Waals surface area contributed by atoms with Gasteiger partial charge in [0.25, 0.3) is 0 Å². The molecule has 4 aliphatic heterocycles. The van der Waals surface area contributed by atoms with Crippen LogP contribution in [-0.4, -0.2) is 27.4 Å². The summed E-state index contributed by atoms with van der Waals surface area (Å²) >= 11 is 0. The van der Waals surface area contributed by atoms with Crippen molar-refractivity contribution in [2.24, 2.45) is 0 Å². The molecule has 6 heteroatoms. The molecule has 16 aliphatic rings. The standard InChI is InChI=1S/C17H24.3C15H23N.C15H20.3C13H19N.CH4/c1-12(2)17-15-9-5-3-7-13(15)11-14-8-4-6-10-16(14)17;1-11(2)16-14-9-5-3-7-12(14)13-8-4-6-10-15(13)16;1-11(2)15-12-7-3-4-8-13(12)16-10-6-5-9-14(15)16;1-11(2)15-13-8-4-3-7-12(13)14-9-5-6-10-16(14)15;1-10(2)15-13-7-3-5-11(13)9-12-6-4-8-14(12)15;1-9(2)14-12-7-3-5-10(12)11-6-4-8-13(11)14;1-9(2)13-10-5-3-6-11(10)14-8-4-7-12(13)14;1-9(2)13-11-6-3-5-10(11)12-7-4-8-14(12)13;/h11-12H,3-10H2,1-2H3;3*11H,3-10H2,1-2H3;9-10H,3-8H2,1-2H3;3*9H,3-8H2,1-2H3;1H4. The van der Waals surface area contributed by atoms with E-state index in [0.717, 1.165) is 23.7 Å². The normalized spacial score (nSPS) is 19.1. The first kappa shape index (κ1) is 90.5. The quantitative estimate of drug-likeness (QED) is 0.145. The predicted molar refractivity (Wildman–Crippen MR) is 526 cm³/mol. The molecule has 12 aliphatic carbocycles. The number of fused-ring (bicyclic) bond motifs is 22. The highest BCUT2D eigenvalue weighted by Gasteiger charge is 2.36.